The van der Waals surface area contributed by atoms with E-state index in [0.717, 1.165) is 5.56 Å². The summed E-state index contributed by atoms with van der Waals surface area (Å²) in [6.07, 6.45) is 0.403. The van der Waals surface area contributed by atoms with E-state index in [4.69, 9.17) is 0 Å². The van der Waals surface area contributed by atoms with Crippen molar-refractivity contribution in [2.45, 2.75) is 19.3 Å². The summed E-state index contributed by atoms with van der Waals surface area (Å²) in [4.78, 5) is 11.0. The van der Waals surface area contributed by atoms with Crippen LogP contribution in [0.25, 0.3) is 0 Å². The maximum Gasteiger partial charge on any atom is 0.220 e. The summed E-state index contributed by atoms with van der Waals surface area (Å²) in [5.74, 6) is -0.199. The molecule has 1 aromatic carbocycles. The fourth-order valence-electron chi connectivity index (χ4n) is 1.80. The van der Waals surface area contributed by atoms with Crippen LogP contribution in [0.2, 0.25) is 0 Å². The molecule has 1 atom stereocenters. The second-order valence-electron chi connectivity index (χ2n) is 3.73. The Bertz CT molecular complexity index is 376. The van der Waals surface area contributed by atoms with Crippen LogP contribution in [-0.2, 0) is 4.79 Å². The van der Waals surface area contributed by atoms with Crippen molar-refractivity contribution in [3.05, 3.63) is 35.1 Å². The van der Waals surface area contributed by atoms with Crippen molar-refractivity contribution in [3.8, 4) is 0 Å². The molecule has 1 unspecified atom stereocenters. The lowest BCUT2D eigenvalue weighted by molar-refractivity contribution is -0.119. The van der Waals surface area contributed by atoms with E-state index in [0.29, 0.717) is 18.5 Å². The van der Waals surface area contributed by atoms with E-state index in [1.54, 1.807) is 6.07 Å². The first-order valence-corrected chi connectivity index (χ1v) is 4.69. The van der Waals surface area contributed by atoms with Gasteiger partial charge in [-0.2, -0.15) is 0 Å². The van der Waals surface area contributed by atoms with Crippen molar-refractivity contribution in [2.24, 2.45) is 0 Å². The summed E-state index contributed by atoms with van der Waals surface area (Å²) in [6.45, 7) is 2.48. The van der Waals surface area contributed by atoms with Gasteiger partial charge in [-0.3, -0.25) is 4.79 Å². The average Bonchev–Trinajstić information content (AvgIpc) is 2.56. The minimum atomic E-state index is -0.211. The zero-order chi connectivity index (χ0) is 10.1. The van der Waals surface area contributed by atoms with E-state index in [2.05, 4.69) is 5.32 Å². The van der Waals surface area contributed by atoms with Crippen LogP contribution in [0.3, 0.4) is 0 Å². The maximum absolute atomic E-state index is 13.4. The SMILES string of the molecule is Cc1ccc(F)c(C2CNC(=O)C2)c1. The molecule has 0 saturated carbocycles. The van der Waals surface area contributed by atoms with Crippen molar-refractivity contribution in [1.29, 1.82) is 0 Å². The van der Waals surface area contributed by atoms with Gasteiger partial charge in [-0.25, -0.2) is 4.39 Å². The number of aryl methyl sites for hydroxylation is 1. The molecule has 0 radical (unpaired) electrons. The Morgan fingerprint density at radius 2 is 2.29 bits per heavy atom. The minimum absolute atomic E-state index is 0.00222. The van der Waals surface area contributed by atoms with E-state index < -0.39 is 0 Å². The number of halogens is 1. The highest BCUT2D eigenvalue weighted by Gasteiger charge is 2.25. The number of hydrogen-bond donors (Lipinski definition) is 1. The van der Waals surface area contributed by atoms with E-state index in [1.165, 1.54) is 6.07 Å². The van der Waals surface area contributed by atoms with Gasteiger partial charge in [0.05, 0.1) is 0 Å². The van der Waals surface area contributed by atoms with Gasteiger partial charge in [-0.05, 0) is 18.6 Å². The monoisotopic (exact) mass is 193 g/mol. The molecule has 1 saturated heterocycles. The van der Waals surface area contributed by atoms with E-state index in [1.807, 2.05) is 13.0 Å². The number of amides is 1. The molecule has 1 heterocycles. The highest BCUT2D eigenvalue weighted by Crippen LogP contribution is 2.26. The first-order valence-electron chi connectivity index (χ1n) is 4.69. The molecule has 1 N–H and O–H groups in total. The van der Waals surface area contributed by atoms with Crippen LogP contribution in [0.5, 0.6) is 0 Å². The largest absolute Gasteiger partial charge is 0.355 e. The fourth-order valence-corrected chi connectivity index (χ4v) is 1.80. The fraction of sp³-hybridized carbons (Fsp3) is 0.364. The highest BCUT2D eigenvalue weighted by atomic mass is 19.1. The number of hydrogen-bond acceptors (Lipinski definition) is 1. The molecule has 0 bridgehead atoms. The molecule has 2 nitrogen and oxygen atoms in total. The Balaban J connectivity index is 2.31. The third kappa shape index (κ3) is 1.62. The van der Waals surface area contributed by atoms with Gasteiger partial charge in [0.15, 0.2) is 0 Å². The summed E-state index contributed by atoms with van der Waals surface area (Å²) in [6, 6.07) is 5.02. The Morgan fingerprint density at radius 1 is 1.50 bits per heavy atom. The lowest BCUT2D eigenvalue weighted by Gasteiger charge is -2.09. The first kappa shape index (κ1) is 9.19. The smallest absolute Gasteiger partial charge is 0.220 e. The van der Waals surface area contributed by atoms with Gasteiger partial charge >= 0.3 is 0 Å². The Labute approximate surface area is 82.1 Å². The molecular formula is C11H12FNO. The number of rotatable bonds is 1. The van der Waals surface area contributed by atoms with Crippen LogP contribution in [0, 0.1) is 12.7 Å². The van der Waals surface area contributed by atoms with Crippen LogP contribution in [0.15, 0.2) is 18.2 Å². The third-order valence-corrected chi connectivity index (χ3v) is 2.57. The lowest BCUT2D eigenvalue weighted by Crippen LogP contribution is -2.13. The van der Waals surface area contributed by atoms with Crippen molar-refractivity contribution in [2.75, 3.05) is 6.54 Å². The van der Waals surface area contributed by atoms with Gasteiger partial charge in [-0.1, -0.05) is 17.7 Å². The van der Waals surface area contributed by atoms with E-state index in [-0.39, 0.29) is 17.6 Å². The van der Waals surface area contributed by atoms with Crippen LogP contribution < -0.4 is 5.32 Å². The van der Waals surface area contributed by atoms with Crippen molar-refractivity contribution < 1.29 is 9.18 Å². The van der Waals surface area contributed by atoms with Crippen molar-refractivity contribution in [1.82, 2.24) is 5.32 Å². The maximum atomic E-state index is 13.4. The summed E-state index contributed by atoms with van der Waals surface area (Å²) < 4.78 is 13.4. The zero-order valence-electron chi connectivity index (χ0n) is 8.01. The topological polar surface area (TPSA) is 29.1 Å². The quantitative estimate of drug-likeness (QED) is 0.723. The number of carbonyl (C=O) groups excluding carboxylic acids is 1. The number of nitrogens with one attached hydrogen (secondary N) is 1. The van der Waals surface area contributed by atoms with Crippen LogP contribution in [0.4, 0.5) is 4.39 Å². The number of benzene rings is 1. The van der Waals surface area contributed by atoms with E-state index in [9.17, 15) is 9.18 Å². The summed E-state index contributed by atoms with van der Waals surface area (Å²) in [5.41, 5.74) is 1.68. The summed E-state index contributed by atoms with van der Waals surface area (Å²) in [5, 5.41) is 2.71. The Kier molecular flexibility index (Phi) is 2.23. The third-order valence-electron chi connectivity index (χ3n) is 2.57. The van der Waals surface area contributed by atoms with Gasteiger partial charge in [0.2, 0.25) is 5.91 Å². The van der Waals surface area contributed by atoms with Gasteiger partial charge in [0, 0.05) is 18.9 Å². The van der Waals surface area contributed by atoms with Gasteiger partial charge in [0.25, 0.3) is 0 Å². The Hall–Kier alpha value is -1.38. The molecule has 2 rings (SSSR count). The highest BCUT2D eigenvalue weighted by molar-refractivity contribution is 5.79. The standard InChI is InChI=1S/C11H12FNO/c1-7-2-3-10(12)9(4-7)8-5-11(14)13-6-8/h2-4,8H,5-6H2,1H3,(H,13,14). The molecule has 14 heavy (non-hydrogen) atoms. The normalized spacial score (nSPS) is 21.0. The first-order chi connectivity index (χ1) is 6.66. The van der Waals surface area contributed by atoms with Crippen molar-refractivity contribution in [3.63, 3.8) is 0 Å². The van der Waals surface area contributed by atoms with Crippen molar-refractivity contribution >= 4 is 5.91 Å². The molecule has 1 aliphatic rings. The molecule has 0 aliphatic carbocycles. The molecule has 1 fully saturated rings. The predicted molar refractivity (Wildman–Crippen MR) is 51.5 cm³/mol. The second-order valence-corrected chi connectivity index (χ2v) is 3.73. The molecule has 1 aliphatic heterocycles. The molecule has 0 aromatic heterocycles. The predicted octanol–water partition coefficient (Wildman–Crippen LogP) is 1.74. The minimum Gasteiger partial charge on any atom is -0.355 e. The number of carbonyl (C=O) groups is 1. The Morgan fingerprint density at radius 3 is 2.93 bits per heavy atom. The van der Waals surface area contributed by atoms with Crippen LogP contribution in [-0.4, -0.2) is 12.5 Å². The van der Waals surface area contributed by atoms with Crippen LogP contribution >= 0.6 is 0 Å². The zero-order valence-corrected chi connectivity index (χ0v) is 8.01. The van der Waals surface area contributed by atoms with Gasteiger partial charge < -0.3 is 5.32 Å². The van der Waals surface area contributed by atoms with E-state index >= 15 is 0 Å². The lowest BCUT2D eigenvalue weighted by atomic mass is 9.96. The second kappa shape index (κ2) is 3.40. The molecule has 0 spiro atoms. The summed E-state index contributed by atoms with van der Waals surface area (Å²) in [7, 11) is 0. The molecular weight excluding hydrogens is 181 g/mol. The molecule has 1 amide bonds. The van der Waals surface area contributed by atoms with Gasteiger partial charge in [-0.15, -0.1) is 0 Å². The van der Waals surface area contributed by atoms with Gasteiger partial charge in [0.1, 0.15) is 5.82 Å². The molecule has 3 heteroatoms. The van der Waals surface area contributed by atoms with Crippen LogP contribution in [0.1, 0.15) is 23.5 Å². The summed E-state index contributed by atoms with van der Waals surface area (Å²) >= 11 is 0. The average molecular weight is 193 g/mol. The molecule has 74 valence electrons. The molecule has 1 aromatic rings.